The molecule has 0 radical (unpaired) electrons. The highest BCUT2D eigenvalue weighted by atomic mass is 32.1. The molecule has 8 nitrogen and oxygen atoms in total. The van der Waals surface area contributed by atoms with Gasteiger partial charge in [-0.3, -0.25) is 0 Å². The number of aliphatic imine (C=N–C) groups is 1. The van der Waals surface area contributed by atoms with Crippen LogP contribution < -0.4 is 9.47 Å². The topological polar surface area (TPSA) is 113 Å². The lowest BCUT2D eigenvalue weighted by Crippen LogP contribution is -2.41. The second kappa shape index (κ2) is 10.9. The Morgan fingerprint density at radius 1 is 0.816 bits per heavy atom. The first kappa shape index (κ1) is 24.6. The molecule has 0 fully saturated rings. The van der Waals surface area contributed by atoms with Crippen LogP contribution in [0.2, 0.25) is 0 Å². The quantitative estimate of drug-likeness (QED) is 0.281. The fourth-order valence-electron chi connectivity index (χ4n) is 3.82. The molecule has 9 heteroatoms. The lowest BCUT2D eigenvalue weighted by molar-refractivity contribution is 0.125. The molecular weight excluding hydrogens is 498 g/mol. The van der Waals surface area contributed by atoms with E-state index in [2.05, 4.69) is 15.2 Å². The molecule has 1 atom stereocenters. The molecule has 3 aromatic carbocycles. The van der Waals surface area contributed by atoms with Gasteiger partial charge in [-0.15, -0.1) is 10.2 Å². The Bertz CT molecular complexity index is 1530. The van der Waals surface area contributed by atoms with Crippen LogP contribution in [0.3, 0.4) is 0 Å². The molecule has 0 saturated carbocycles. The highest BCUT2D eigenvalue weighted by Gasteiger charge is 2.50. The Hall–Kier alpha value is -5.12. The van der Waals surface area contributed by atoms with Crippen molar-refractivity contribution in [3.8, 4) is 40.8 Å². The third-order valence-corrected chi connectivity index (χ3v) is 6.19. The van der Waals surface area contributed by atoms with Crippen LogP contribution in [0.25, 0.3) is 11.3 Å². The lowest BCUT2D eigenvalue weighted by Gasteiger charge is -2.33. The Morgan fingerprint density at radius 3 is 2.11 bits per heavy atom. The predicted octanol–water partition coefficient (Wildman–Crippen LogP) is 5.85. The van der Waals surface area contributed by atoms with E-state index in [1.54, 1.807) is 36.4 Å². The number of rotatable bonds is 7. The van der Waals surface area contributed by atoms with Crippen molar-refractivity contribution in [1.82, 2.24) is 10.2 Å². The van der Waals surface area contributed by atoms with Gasteiger partial charge in [0.1, 0.15) is 16.5 Å². The molecule has 0 aliphatic carbocycles. The van der Waals surface area contributed by atoms with Crippen molar-refractivity contribution in [2.75, 3.05) is 6.61 Å². The molecule has 1 aliphatic heterocycles. The highest BCUT2D eigenvalue weighted by molar-refractivity contribution is 7.80. The van der Waals surface area contributed by atoms with Crippen molar-refractivity contribution in [3.05, 3.63) is 103 Å². The zero-order chi connectivity index (χ0) is 26.4. The van der Waals surface area contributed by atoms with E-state index in [1.807, 2.05) is 72.8 Å². The van der Waals surface area contributed by atoms with Gasteiger partial charge in [0.15, 0.2) is 12.7 Å². The maximum Gasteiger partial charge on any atom is 0.236 e. The van der Waals surface area contributed by atoms with Crippen LogP contribution in [0.5, 0.6) is 17.4 Å². The van der Waals surface area contributed by atoms with Crippen molar-refractivity contribution in [1.29, 1.82) is 10.5 Å². The molecule has 0 bridgehead atoms. The first-order valence-electron chi connectivity index (χ1n) is 11.6. The molecule has 1 aromatic heterocycles. The summed E-state index contributed by atoms with van der Waals surface area (Å²) < 4.78 is 17.5. The van der Waals surface area contributed by atoms with Crippen LogP contribution in [-0.2, 0) is 4.74 Å². The van der Waals surface area contributed by atoms with Crippen molar-refractivity contribution >= 4 is 23.1 Å². The zero-order valence-corrected chi connectivity index (χ0v) is 20.7. The summed E-state index contributed by atoms with van der Waals surface area (Å²) in [7, 11) is 0. The summed E-state index contributed by atoms with van der Waals surface area (Å²) >= 11 is 5.33. The fraction of sp³-hybridized carbons (Fsp3) is 0.103. The van der Waals surface area contributed by atoms with Gasteiger partial charge < -0.3 is 14.2 Å². The summed E-state index contributed by atoms with van der Waals surface area (Å²) in [6.07, 6.45) is -0.940. The smallest absolute Gasteiger partial charge is 0.236 e. The molecule has 2 heterocycles. The number of para-hydroxylation sites is 1. The summed E-state index contributed by atoms with van der Waals surface area (Å²) in [6, 6.07) is 33.5. The van der Waals surface area contributed by atoms with Gasteiger partial charge in [-0.1, -0.05) is 60.7 Å². The van der Waals surface area contributed by atoms with E-state index in [0.717, 1.165) is 11.3 Å². The molecule has 0 saturated heterocycles. The minimum absolute atomic E-state index is 0.0673. The average Bonchev–Trinajstić information content (AvgIpc) is 2.98. The van der Waals surface area contributed by atoms with E-state index in [1.165, 1.54) is 0 Å². The van der Waals surface area contributed by atoms with Crippen LogP contribution in [0.4, 0.5) is 0 Å². The summed E-state index contributed by atoms with van der Waals surface area (Å²) in [5.41, 5.74) is 0.441. The molecule has 4 aromatic rings. The number of hydrogen-bond donors (Lipinski definition) is 0. The minimum Gasteiger partial charge on any atom is -0.467 e. The number of nitrogens with zero attached hydrogens (tertiary/aromatic N) is 5. The van der Waals surface area contributed by atoms with E-state index >= 15 is 0 Å². The SMILES string of the molecule is N#CC1(C#N)C(=S)N=C(COc2ccc(-c3ccc(Oc4ccccc4)cc3)nn2)OC1c1ccccc1. The standard InChI is InChI=1S/C29H19N5O3S/c30-18-29(19-31)27(21-7-3-1-4-8-21)37-26(32-28(29)38)17-35-25-16-15-24(33-34-25)20-11-13-23(14-12-20)36-22-9-5-2-6-10-22/h1-16,27H,17H2. The number of benzene rings is 3. The first-order chi connectivity index (χ1) is 18.6. The first-order valence-corrected chi connectivity index (χ1v) is 12.0. The van der Waals surface area contributed by atoms with Gasteiger partial charge in [0.25, 0.3) is 0 Å². The zero-order valence-electron chi connectivity index (χ0n) is 19.9. The fourth-order valence-corrected chi connectivity index (χ4v) is 4.12. The third-order valence-electron chi connectivity index (χ3n) is 5.78. The molecule has 184 valence electrons. The highest BCUT2D eigenvalue weighted by Crippen LogP contribution is 2.41. The summed E-state index contributed by atoms with van der Waals surface area (Å²) in [4.78, 5) is 4.10. The monoisotopic (exact) mass is 517 g/mol. The normalized spacial score (nSPS) is 15.8. The number of nitriles is 2. The Balaban J connectivity index is 1.25. The molecule has 1 aliphatic rings. The largest absolute Gasteiger partial charge is 0.467 e. The number of aromatic nitrogens is 2. The van der Waals surface area contributed by atoms with Gasteiger partial charge in [-0.2, -0.15) is 10.5 Å². The molecule has 38 heavy (non-hydrogen) atoms. The minimum atomic E-state index is -1.72. The van der Waals surface area contributed by atoms with Crippen LogP contribution >= 0.6 is 12.2 Å². The maximum absolute atomic E-state index is 9.77. The van der Waals surface area contributed by atoms with E-state index in [-0.39, 0.29) is 23.4 Å². The molecule has 1 unspecified atom stereocenters. The second-order valence-corrected chi connectivity index (χ2v) is 8.62. The molecular formula is C29H19N5O3S. The van der Waals surface area contributed by atoms with E-state index in [9.17, 15) is 10.5 Å². The molecule has 0 N–H and O–H groups in total. The van der Waals surface area contributed by atoms with Crippen molar-refractivity contribution in [3.63, 3.8) is 0 Å². The Kier molecular flexibility index (Phi) is 7.03. The number of thiocarbonyl (C=S) groups is 1. The van der Waals surface area contributed by atoms with Crippen molar-refractivity contribution in [2.24, 2.45) is 10.4 Å². The number of ether oxygens (including phenoxy) is 3. The van der Waals surface area contributed by atoms with E-state index in [4.69, 9.17) is 26.4 Å². The van der Waals surface area contributed by atoms with Crippen molar-refractivity contribution < 1.29 is 14.2 Å². The maximum atomic E-state index is 9.77. The van der Waals surface area contributed by atoms with Crippen LogP contribution in [0.1, 0.15) is 11.7 Å². The van der Waals surface area contributed by atoms with E-state index < -0.39 is 11.5 Å². The van der Waals surface area contributed by atoms with Gasteiger partial charge in [0, 0.05) is 11.6 Å². The lowest BCUT2D eigenvalue weighted by atomic mass is 9.80. The van der Waals surface area contributed by atoms with Gasteiger partial charge in [-0.05, 0) is 48.0 Å². The van der Waals surface area contributed by atoms with Gasteiger partial charge in [0.05, 0.1) is 17.8 Å². The Morgan fingerprint density at radius 2 is 1.47 bits per heavy atom. The summed E-state index contributed by atoms with van der Waals surface area (Å²) in [5, 5.41) is 27.9. The predicted molar refractivity (Wildman–Crippen MR) is 143 cm³/mol. The molecule has 0 amide bonds. The van der Waals surface area contributed by atoms with Gasteiger partial charge in [-0.25, -0.2) is 4.99 Å². The van der Waals surface area contributed by atoms with Crippen LogP contribution in [0, 0.1) is 28.1 Å². The van der Waals surface area contributed by atoms with Gasteiger partial charge in [0.2, 0.25) is 17.2 Å². The number of hydrogen-bond acceptors (Lipinski definition) is 8. The molecule has 5 rings (SSSR count). The van der Waals surface area contributed by atoms with Gasteiger partial charge >= 0.3 is 0 Å². The summed E-state index contributed by atoms with van der Waals surface area (Å²) in [5.74, 6) is 1.87. The third kappa shape index (κ3) is 5.05. The van der Waals surface area contributed by atoms with Crippen molar-refractivity contribution in [2.45, 2.75) is 6.10 Å². The second-order valence-electron chi connectivity index (χ2n) is 8.24. The van der Waals surface area contributed by atoms with Crippen LogP contribution in [-0.4, -0.2) is 27.7 Å². The molecule has 0 spiro atoms. The van der Waals surface area contributed by atoms with Crippen LogP contribution in [0.15, 0.2) is 102 Å². The Labute approximate surface area is 224 Å². The average molecular weight is 518 g/mol. The summed E-state index contributed by atoms with van der Waals surface area (Å²) in [6.45, 7) is -0.101. The van der Waals surface area contributed by atoms with E-state index in [0.29, 0.717) is 17.0 Å².